The highest BCUT2D eigenvalue weighted by molar-refractivity contribution is 7.12. The van der Waals surface area contributed by atoms with Crippen LogP contribution >= 0.6 is 22.9 Å². The van der Waals surface area contributed by atoms with Gasteiger partial charge in [-0.05, 0) is 23.6 Å². The first-order valence-electron chi connectivity index (χ1n) is 7.94. The van der Waals surface area contributed by atoms with Gasteiger partial charge in [0, 0.05) is 32.4 Å². The maximum atomic E-state index is 12.3. The molecule has 1 aliphatic rings. The maximum Gasteiger partial charge on any atom is 0.341 e. The molecule has 0 unspecified atom stereocenters. The first-order valence-corrected chi connectivity index (χ1v) is 9.20. The number of hydrogen-bond acceptors (Lipinski definition) is 6. The molecule has 1 saturated heterocycles. The number of ether oxygens (including phenoxy) is 1. The van der Waals surface area contributed by atoms with Crippen molar-refractivity contribution in [1.29, 1.82) is 0 Å². The predicted octanol–water partition coefficient (Wildman–Crippen LogP) is 1.94. The van der Waals surface area contributed by atoms with Crippen LogP contribution in [0.15, 0.2) is 35.8 Å². The Bertz CT molecular complexity index is 804. The van der Waals surface area contributed by atoms with Gasteiger partial charge in [-0.2, -0.15) is 0 Å². The zero-order chi connectivity index (χ0) is 18.5. The second kappa shape index (κ2) is 8.29. The van der Waals surface area contributed by atoms with Crippen molar-refractivity contribution in [3.63, 3.8) is 0 Å². The lowest BCUT2D eigenvalue weighted by Crippen LogP contribution is -2.51. The van der Waals surface area contributed by atoms with Crippen molar-refractivity contribution < 1.29 is 19.1 Å². The van der Waals surface area contributed by atoms with Gasteiger partial charge in [-0.15, -0.1) is 11.3 Å². The van der Waals surface area contributed by atoms with Crippen LogP contribution in [0, 0.1) is 0 Å². The molecule has 136 valence electrons. The molecule has 9 heteroatoms. The summed E-state index contributed by atoms with van der Waals surface area (Å²) in [5.41, 5.74) is 0.119. The summed E-state index contributed by atoms with van der Waals surface area (Å²) in [6.07, 6.45) is 1.46. The van der Waals surface area contributed by atoms with Crippen molar-refractivity contribution >= 4 is 40.7 Å². The van der Waals surface area contributed by atoms with Crippen molar-refractivity contribution in [3.8, 4) is 0 Å². The SMILES string of the molecule is O=C(OCC(=O)N1CCN(C(=O)c2cccs2)CC1)c1cccnc1Cl. The van der Waals surface area contributed by atoms with E-state index in [-0.39, 0.29) is 29.1 Å². The van der Waals surface area contributed by atoms with E-state index in [1.54, 1.807) is 21.9 Å². The van der Waals surface area contributed by atoms with Crippen LogP contribution in [0.2, 0.25) is 5.15 Å². The number of rotatable bonds is 4. The van der Waals surface area contributed by atoms with Crippen LogP contribution in [0.4, 0.5) is 0 Å². The fraction of sp³-hybridized carbons (Fsp3) is 0.294. The topological polar surface area (TPSA) is 79.8 Å². The van der Waals surface area contributed by atoms with Crippen LogP contribution in [0.5, 0.6) is 0 Å². The van der Waals surface area contributed by atoms with Crippen LogP contribution in [-0.2, 0) is 9.53 Å². The van der Waals surface area contributed by atoms with Crippen LogP contribution in [0.3, 0.4) is 0 Å². The molecule has 3 rings (SSSR count). The number of hydrogen-bond donors (Lipinski definition) is 0. The molecule has 3 heterocycles. The van der Waals surface area contributed by atoms with Crippen LogP contribution in [-0.4, -0.2) is 65.4 Å². The predicted molar refractivity (Wildman–Crippen MR) is 96.3 cm³/mol. The average molecular weight is 394 g/mol. The first-order chi connectivity index (χ1) is 12.6. The van der Waals surface area contributed by atoms with Crippen LogP contribution in [0.25, 0.3) is 0 Å². The highest BCUT2D eigenvalue weighted by Gasteiger charge is 2.26. The zero-order valence-electron chi connectivity index (χ0n) is 13.8. The third-order valence-corrected chi connectivity index (χ3v) is 5.12. The monoisotopic (exact) mass is 393 g/mol. The average Bonchev–Trinajstić information content (AvgIpc) is 3.20. The number of thiophene rings is 1. The number of nitrogens with zero attached hydrogens (tertiary/aromatic N) is 3. The third kappa shape index (κ3) is 4.20. The first kappa shape index (κ1) is 18.3. The quantitative estimate of drug-likeness (QED) is 0.585. The molecule has 7 nitrogen and oxygen atoms in total. The fourth-order valence-corrected chi connectivity index (χ4v) is 3.44. The number of halogens is 1. The minimum atomic E-state index is -0.692. The van der Waals surface area contributed by atoms with Gasteiger partial charge in [0.15, 0.2) is 6.61 Å². The molecule has 26 heavy (non-hydrogen) atoms. The molecule has 1 fully saturated rings. The summed E-state index contributed by atoms with van der Waals surface area (Å²) in [5, 5.41) is 1.89. The number of pyridine rings is 1. The number of carbonyl (C=O) groups excluding carboxylic acids is 3. The van der Waals surface area contributed by atoms with Gasteiger partial charge in [-0.1, -0.05) is 17.7 Å². The van der Waals surface area contributed by atoms with Gasteiger partial charge < -0.3 is 14.5 Å². The molecular weight excluding hydrogens is 378 g/mol. The Morgan fingerprint density at radius 3 is 2.50 bits per heavy atom. The highest BCUT2D eigenvalue weighted by Crippen LogP contribution is 2.15. The van der Waals surface area contributed by atoms with E-state index < -0.39 is 5.97 Å². The summed E-state index contributed by atoms with van der Waals surface area (Å²) in [6, 6.07) is 6.67. The van der Waals surface area contributed by atoms with Gasteiger partial charge in [0.2, 0.25) is 0 Å². The summed E-state index contributed by atoms with van der Waals surface area (Å²) in [4.78, 5) is 44.2. The van der Waals surface area contributed by atoms with E-state index in [1.165, 1.54) is 23.6 Å². The van der Waals surface area contributed by atoms with Crippen molar-refractivity contribution in [3.05, 3.63) is 51.4 Å². The van der Waals surface area contributed by atoms with E-state index in [0.717, 1.165) is 0 Å². The Balaban J connectivity index is 1.47. The minimum Gasteiger partial charge on any atom is -0.452 e. The molecule has 0 aliphatic carbocycles. The Labute approximate surface area is 159 Å². The lowest BCUT2D eigenvalue weighted by molar-refractivity contribution is -0.136. The fourth-order valence-electron chi connectivity index (χ4n) is 2.55. The lowest BCUT2D eigenvalue weighted by atomic mass is 10.3. The number of carbonyl (C=O) groups is 3. The van der Waals surface area contributed by atoms with Crippen molar-refractivity contribution in [2.24, 2.45) is 0 Å². The minimum absolute atomic E-state index is 0.0234. The Morgan fingerprint density at radius 1 is 1.12 bits per heavy atom. The van der Waals surface area contributed by atoms with Gasteiger partial charge in [-0.3, -0.25) is 9.59 Å². The summed E-state index contributed by atoms with van der Waals surface area (Å²) >= 11 is 7.22. The molecule has 0 saturated carbocycles. The number of esters is 1. The van der Waals surface area contributed by atoms with Gasteiger partial charge in [0.25, 0.3) is 11.8 Å². The molecule has 2 amide bonds. The molecule has 0 radical (unpaired) electrons. The third-order valence-electron chi connectivity index (χ3n) is 3.96. The van der Waals surface area contributed by atoms with Crippen LogP contribution < -0.4 is 0 Å². The van der Waals surface area contributed by atoms with Crippen molar-refractivity contribution in [2.45, 2.75) is 0 Å². The number of piperazine rings is 1. The largest absolute Gasteiger partial charge is 0.452 e. The van der Waals surface area contributed by atoms with E-state index in [0.29, 0.717) is 31.1 Å². The number of amides is 2. The van der Waals surface area contributed by atoms with E-state index in [9.17, 15) is 14.4 Å². The van der Waals surface area contributed by atoms with Gasteiger partial charge in [0.05, 0.1) is 10.4 Å². The molecule has 0 aromatic carbocycles. The standard InChI is InChI=1S/C17H16ClN3O4S/c18-15-12(3-1-5-19-15)17(24)25-11-14(22)20-6-8-21(9-7-20)16(23)13-4-2-10-26-13/h1-5,10H,6-9,11H2. The molecule has 0 N–H and O–H groups in total. The zero-order valence-corrected chi connectivity index (χ0v) is 15.3. The summed E-state index contributed by atoms with van der Waals surface area (Å²) in [6.45, 7) is 1.33. The van der Waals surface area contributed by atoms with Crippen molar-refractivity contribution in [2.75, 3.05) is 32.8 Å². The van der Waals surface area contributed by atoms with Gasteiger partial charge >= 0.3 is 5.97 Å². The molecule has 1 aliphatic heterocycles. The molecule has 0 bridgehead atoms. The normalized spacial score (nSPS) is 14.2. The van der Waals surface area contributed by atoms with E-state index in [1.807, 2.05) is 11.4 Å². The molecule has 2 aromatic heterocycles. The number of aromatic nitrogens is 1. The van der Waals surface area contributed by atoms with Gasteiger partial charge in [0.1, 0.15) is 5.15 Å². The smallest absolute Gasteiger partial charge is 0.341 e. The highest BCUT2D eigenvalue weighted by atomic mass is 35.5. The van der Waals surface area contributed by atoms with E-state index in [4.69, 9.17) is 16.3 Å². The molecular formula is C17H16ClN3O4S. The summed E-state index contributed by atoms with van der Waals surface area (Å²) in [7, 11) is 0. The maximum absolute atomic E-state index is 12.3. The Kier molecular flexibility index (Phi) is 5.85. The van der Waals surface area contributed by atoms with Crippen molar-refractivity contribution in [1.82, 2.24) is 14.8 Å². The lowest BCUT2D eigenvalue weighted by Gasteiger charge is -2.34. The molecule has 0 atom stereocenters. The second-order valence-electron chi connectivity index (χ2n) is 5.57. The summed E-state index contributed by atoms with van der Waals surface area (Å²) < 4.78 is 5.02. The Morgan fingerprint density at radius 2 is 1.85 bits per heavy atom. The van der Waals surface area contributed by atoms with Gasteiger partial charge in [-0.25, -0.2) is 9.78 Å². The summed E-state index contributed by atoms with van der Waals surface area (Å²) in [5.74, 6) is -1.02. The van der Waals surface area contributed by atoms with E-state index >= 15 is 0 Å². The van der Waals surface area contributed by atoms with Crippen LogP contribution in [0.1, 0.15) is 20.0 Å². The van der Waals surface area contributed by atoms with E-state index in [2.05, 4.69) is 4.98 Å². The molecule has 0 spiro atoms. The molecule has 2 aromatic rings. The Hall–Kier alpha value is -2.45. The second-order valence-corrected chi connectivity index (χ2v) is 6.87.